The highest BCUT2D eigenvalue weighted by Crippen LogP contribution is 2.50. The highest BCUT2D eigenvalue weighted by Gasteiger charge is 2.34. The maximum atomic E-state index is 14.1. The van der Waals surface area contributed by atoms with Crippen molar-refractivity contribution < 1.29 is 18.1 Å². The van der Waals surface area contributed by atoms with Crippen molar-refractivity contribution in [2.75, 3.05) is 0 Å². The highest BCUT2D eigenvalue weighted by molar-refractivity contribution is 7.49. The average Bonchev–Trinajstić information content (AvgIpc) is 2.72. The van der Waals surface area contributed by atoms with Crippen molar-refractivity contribution in [1.29, 1.82) is 0 Å². The van der Waals surface area contributed by atoms with Crippen molar-refractivity contribution in [3.63, 3.8) is 0 Å². The van der Waals surface area contributed by atoms with Crippen molar-refractivity contribution in [3.8, 4) is 17.2 Å². The van der Waals surface area contributed by atoms with Crippen molar-refractivity contribution in [2.45, 2.75) is 78.6 Å². The Morgan fingerprint density at radius 1 is 0.486 bits per heavy atom. The topological polar surface area (TPSA) is 44.8 Å². The first-order valence-electron chi connectivity index (χ1n) is 12.1. The molecule has 0 aliphatic heterocycles. The molecule has 0 atom stereocenters. The SMILES string of the molecule is CC(C)(C)c1cccc(OP(=O)(Oc2cccc(C(C)(C)C)c2)Oc2cccc(C(C)(C)C)c2)c1. The first-order valence-corrected chi connectivity index (χ1v) is 13.5. The van der Waals surface area contributed by atoms with Crippen LogP contribution in [0.25, 0.3) is 0 Å². The Kier molecular flexibility index (Phi) is 7.48. The summed E-state index contributed by atoms with van der Waals surface area (Å²) in [5, 5.41) is 0. The Labute approximate surface area is 211 Å². The molecule has 0 aliphatic carbocycles. The zero-order valence-corrected chi connectivity index (χ0v) is 23.4. The monoisotopic (exact) mass is 494 g/mol. The van der Waals surface area contributed by atoms with E-state index in [4.69, 9.17) is 13.6 Å². The summed E-state index contributed by atoms with van der Waals surface area (Å²) in [5.74, 6) is 1.29. The molecule has 3 rings (SSSR count). The van der Waals surface area contributed by atoms with Crippen LogP contribution in [0.4, 0.5) is 0 Å². The number of rotatable bonds is 6. The molecule has 0 spiro atoms. The van der Waals surface area contributed by atoms with Gasteiger partial charge >= 0.3 is 7.82 Å². The number of phosphoric acid groups is 1. The van der Waals surface area contributed by atoms with Crippen LogP contribution in [-0.2, 0) is 20.8 Å². The van der Waals surface area contributed by atoms with Gasteiger partial charge in [0.25, 0.3) is 0 Å². The van der Waals surface area contributed by atoms with Gasteiger partial charge in [0, 0.05) is 0 Å². The molecule has 0 saturated heterocycles. The van der Waals surface area contributed by atoms with Crippen LogP contribution in [0.2, 0.25) is 0 Å². The van der Waals surface area contributed by atoms with E-state index in [9.17, 15) is 4.57 Å². The quantitative estimate of drug-likeness (QED) is 0.320. The Balaban J connectivity index is 2.01. The Morgan fingerprint density at radius 2 is 0.743 bits per heavy atom. The van der Waals surface area contributed by atoms with Crippen molar-refractivity contribution >= 4 is 7.82 Å². The molecule has 35 heavy (non-hydrogen) atoms. The molecule has 0 fully saturated rings. The molecule has 0 bridgehead atoms. The van der Waals surface area contributed by atoms with Crippen LogP contribution in [0.15, 0.2) is 72.8 Å². The van der Waals surface area contributed by atoms with Crippen LogP contribution in [-0.4, -0.2) is 0 Å². The average molecular weight is 495 g/mol. The van der Waals surface area contributed by atoms with Gasteiger partial charge in [-0.15, -0.1) is 0 Å². The normalized spacial score (nSPS) is 12.8. The van der Waals surface area contributed by atoms with Crippen LogP contribution < -0.4 is 13.6 Å². The first-order chi connectivity index (χ1) is 16.1. The summed E-state index contributed by atoms with van der Waals surface area (Å²) in [6, 6.07) is 22.7. The molecule has 0 aromatic heterocycles. The molecular formula is C30H39O4P. The lowest BCUT2D eigenvalue weighted by atomic mass is 9.87. The number of phosphoric ester groups is 1. The highest BCUT2D eigenvalue weighted by atomic mass is 31.2. The van der Waals surface area contributed by atoms with Gasteiger partial charge in [0.1, 0.15) is 17.2 Å². The molecule has 4 nitrogen and oxygen atoms in total. The third kappa shape index (κ3) is 7.39. The molecule has 0 radical (unpaired) electrons. The van der Waals surface area contributed by atoms with Gasteiger partial charge in [-0.05, 0) is 69.3 Å². The van der Waals surface area contributed by atoms with Crippen molar-refractivity contribution in [1.82, 2.24) is 0 Å². The standard InChI is InChI=1S/C30H39O4P/c1-28(2,3)22-13-10-16-25(19-22)32-35(31,33-26-17-11-14-23(20-26)29(4,5)6)34-27-18-12-15-24(21-27)30(7,8)9/h10-21H,1-9H3. The van der Waals surface area contributed by atoms with Gasteiger partial charge in [0.05, 0.1) is 0 Å². The second kappa shape index (κ2) is 9.74. The van der Waals surface area contributed by atoms with E-state index in [1.165, 1.54) is 0 Å². The van der Waals surface area contributed by atoms with E-state index in [2.05, 4.69) is 62.3 Å². The van der Waals surface area contributed by atoms with E-state index >= 15 is 0 Å². The lowest BCUT2D eigenvalue weighted by Gasteiger charge is -2.24. The van der Waals surface area contributed by atoms with Crippen LogP contribution >= 0.6 is 7.82 Å². The van der Waals surface area contributed by atoms with E-state index in [1.807, 2.05) is 54.6 Å². The lowest BCUT2D eigenvalue weighted by Crippen LogP contribution is -2.13. The summed E-state index contributed by atoms with van der Waals surface area (Å²) in [6.45, 7) is 19.1. The summed E-state index contributed by atoms with van der Waals surface area (Å²) < 4.78 is 32.2. The van der Waals surface area contributed by atoms with Gasteiger partial charge in [-0.1, -0.05) is 98.7 Å². The minimum atomic E-state index is -4.10. The van der Waals surface area contributed by atoms with E-state index < -0.39 is 7.82 Å². The smallest absolute Gasteiger partial charge is 0.386 e. The van der Waals surface area contributed by atoms with Crippen molar-refractivity contribution in [3.05, 3.63) is 89.5 Å². The fraction of sp³-hybridized carbons (Fsp3) is 0.400. The van der Waals surface area contributed by atoms with E-state index in [0.29, 0.717) is 17.2 Å². The van der Waals surface area contributed by atoms with E-state index in [1.54, 1.807) is 18.2 Å². The summed E-state index contributed by atoms with van der Waals surface area (Å²) in [7, 11) is -4.10. The van der Waals surface area contributed by atoms with Gasteiger partial charge in [0.2, 0.25) is 0 Å². The van der Waals surface area contributed by atoms with Crippen LogP contribution in [0.1, 0.15) is 79.0 Å². The Bertz CT molecular complexity index is 1060. The van der Waals surface area contributed by atoms with Crippen LogP contribution in [0.3, 0.4) is 0 Å². The van der Waals surface area contributed by atoms with Crippen LogP contribution in [0, 0.1) is 0 Å². The number of hydrogen-bond acceptors (Lipinski definition) is 4. The summed E-state index contributed by atoms with van der Waals surface area (Å²) in [5.41, 5.74) is 2.91. The minimum absolute atomic E-state index is 0.0901. The molecule has 0 heterocycles. The van der Waals surface area contributed by atoms with Crippen LogP contribution in [0.5, 0.6) is 17.2 Å². The maximum absolute atomic E-state index is 14.1. The predicted molar refractivity (Wildman–Crippen MR) is 145 cm³/mol. The summed E-state index contributed by atoms with van der Waals surface area (Å²) >= 11 is 0. The minimum Gasteiger partial charge on any atom is -0.386 e. The molecule has 3 aromatic rings. The fourth-order valence-electron chi connectivity index (χ4n) is 3.50. The Morgan fingerprint density at radius 3 is 0.971 bits per heavy atom. The third-order valence-electron chi connectivity index (χ3n) is 5.75. The largest absolute Gasteiger partial charge is 0.647 e. The molecular weight excluding hydrogens is 455 g/mol. The molecule has 0 amide bonds. The third-order valence-corrected chi connectivity index (χ3v) is 7.06. The number of hydrogen-bond donors (Lipinski definition) is 0. The molecule has 0 N–H and O–H groups in total. The van der Waals surface area contributed by atoms with Gasteiger partial charge in [-0.2, -0.15) is 4.57 Å². The molecule has 0 aliphatic rings. The van der Waals surface area contributed by atoms with E-state index in [0.717, 1.165) is 16.7 Å². The first kappa shape index (κ1) is 26.9. The second-order valence-electron chi connectivity index (χ2n) is 12.1. The molecule has 0 saturated carbocycles. The summed E-state index contributed by atoms with van der Waals surface area (Å²) in [6.07, 6.45) is 0. The zero-order valence-electron chi connectivity index (χ0n) is 22.5. The summed E-state index contributed by atoms with van der Waals surface area (Å²) in [4.78, 5) is 0. The predicted octanol–water partition coefficient (Wildman–Crippen LogP) is 9.22. The zero-order chi connectivity index (χ0) is 26.1. The molecule has 5 heteroatoms. The van der Waals surface area contributed by atoms with Gasteiger partial charge in [-0.3, -0.25) is 0 Å². The van der Waals surface area contributed by atoms with Crippen molar-refractivity contribution in [2.24, 2.45) is 0 Å². The molecule has 3 aromatic carbocycles. The fourth-order valence-corrected chi connectivity index (χ4v) is 4.73. The van der Waals surface area contributed by atoms with Gasteiger partial charge in [0.15, 0.2) is 0 Å². The van der Waals surface area contributed by atoms with Gasteiger partial charge in [-0.25, -0.2) is 0 Å². The second-order valence-corrected chi connectivity index (χ2v) is 13.5. The molecule has 188 valence electrons. The van der Waals surface area contributed by atoms with Gasteiger partial charge < -0.3 is 13.6 Å². The van der Waals surface area contributed by atoms with E-state index in [-0.39, 0.29) is 16.2 Å². The lowest BCUT2D eigenvalue weighted by molar-refractivity contribution is 0.297. The number of benzene rings is 3. The maximum Gasteiger partial charge on any atom is 0.647 e. The Hall–Kier alpha value is -2.71. The molecule has 0 unspecified atom stereocenters.